The summed E-state index contributed by atoms with van der Waals surface area (Å²) < 4.78 is 29.5. The van der Waals surface area contributed by atoms with Crippen molar-refractivity contribution in [2.75, 3.05) is 4.72 Å². The summed E-state index contributed by atoms with van der Waals surface area (Å²) in [4.78, 5) is 14.4. The molecule has 1 N–H and O–H groups in total. The van der Waals surface area contributed by atoms with Gasteiger partial charge in [0.25, 0.3) is 15.7 Å². The van der Waals surface area contributed by atoms with Gasteiger partial charge in [-0.3, -0.25) is 14.8 Å². The molecular formula is C16H17N5O4S. The summed E-state index contributed by atoms with van der Waals surface area (Å²) >= 11 is 0. The van der Waals surface area contributed by atoms with E-state index in [0.717, 1.165) is 6.07 Å². The molecule has 0 aliphatic heterocycles. The van der Waals surface area contributed by atoms with E-state index in [0.29, 0.717) is 16.6 Å². The van der Waals surface area contributed by atoms with Crippen LogP contribution in [0.3, 0.4) is 0 Å². The molecule has 0 aliphatic carbocycles. The Balaban J connectivity index is 1.99. The molecular weight excluding hydrogens is 358 g/mol. The van der Waals surface area contributed by atoms with Crippen molar-refractivity contribution in [3.05, 3.63) is 52.3 Å². The average molecular weight is 375 g/mol. The van der Waals surface area contributed by atoms with Gasteiger partial charge in [-0.1, -0.05) is 6.07 Å². The number of non-ortho nitro benzene ring substituents is 1. The third-order valence-corrected chi connectivity index (χ3v) is 5.37. The molecule has 10 heteroatoms. The third-order valence-electron chi connectivity index (χ3n) is 3.85. The molecule has 0 radical (unpaired) electrons. The van der Waals surface area contributed by atoms with Crippen molar-refractivity contribution in [3.8, 4) is 0 Å². The van der Waals surface area contributed by atoms with E-state index in [9.17, 15) is 18.5 Å². The largest absolute Gasteiger partial charge is 0.278 e. The Hall–Kier alpha value is -3.01. The molecule has 0 amide bonds. The van der Waals surface area contributed by atoms with Crippen molar-refractivity contribution in [2.45, 2.75) is 31.7 Å². The molecule has 1 aromatic carbocycles. The maximum Gasteiger partial charge on any atom is 0.270 e. The maximum absolute atomic E-state index is 12.7. The first-order valence-electron chi connectivity index (χ1n) is 7.80. The molecule has 9 nitrogen and oxygen atoms in total. The smallest absolute Gasteiger partial charge is 0.270 e. The number of anilines is 1. The number of nitrogens with zero attached hydrogens (tertiary/aromatic N) is 4. The molecule has 0 saturated heterocycles. The minimum Gasteiger partial charge on any atom is -0.278 e. The van der Waals surface area contributed by atoms with Gasteiger partial charge in [-0.15, -0.1) is 0 Å². The van der Waals surface area contributed by atoms with Crippen LogP contribution in [0.25, 0.3) is 11.0 Å². The first-order chi connectivity index (χ1) is 12.2. The highest BCUT2D eigenvalue weighted by Gasteiger charge is 2.21. The van der Waals surface area contributed by atoms with Crippen LogP contribution in [0.5, 0.6) is 0 Å². The summed E-state index contributed by atoms with van der Waals surface area (Å²) in [5.41, 5.74) is 1.02. The Morgan fingerprint density at radius 2 is 1.96 bits per heavy atom. The van der Waals surface area contributed by atoms with E-state index >= 15 is 0 Å². The van der Waals surface area contributed by atoms with Gasteiger partial charge in [-0.25, -0.2) is 18.1 Å². The predicted molar refractivity (Wildman–Crippen MR) is 96.6 cm³/mol. The second kappa shape index (κ2) is 6.37. The average Bonchev–Trinajstić information content (AvgIpc) is 2.97. The molecule has 3 aromatic rings. The van der Waals surface area contributed by atoms with Crippen LogP contribution in [-0.2, 0) is 10.0 Å². The number of rotatable bonds is 5. The maximum atomic E-state index is 12.7. The van der Waals surface area contributed by atoms with E-state index in [1.807, 2.05) is 13.8 Å². The van der Waals surface area contributed by atoms with Gasteiger partial charge < -0.3 is 0 Å². The van der Waals surface area contributed by atoms with E-state index in [4.69, 9.17) is 0 Å². The molecule has 0 fully saturated rings. The number of aryl methyl sites for hydroxylation is 1. The van der Waals surface area contributed by atoms with E-state index < -0.39 is 14.9 Å². The van der Waals surface area contributed by atoms with Crippen molar-refractivity contribution in [1.29, 1.82) is 0 Å². The Morgan fingerprint density at radius 1 is 1.23 bits per heavy atom. The van der Waals surface area contributed by atoms with Gasteiger partial charge >= 0.3 is 0 Å². The normalized spacial score (nSPS) is 11.8. The van der Waals surface area contributed by atoms with Gasteiger partial charge in [-0.2, -0.15) is 5.10 Å². The molecule has 136 valence electrons. The summed E-state index contributed by atoms with van der Waals surface area (Å²) in [5.74, 6) is 0. The number of nitrogens with one attached hydrogen (secondary N) is 1. The van der Waals surface area contributed by atoms with Crippen LogP contribution < -0.4 is 4.72 Å². The Kier molecular flexibility index (Phi) is 4.36. The molecule has 26 heavy (non-hydrogen) atoms. The molecule has 0 spiro atoms. The minimum absolute atomic E-state index is 0.120. The lowest BCUT2D eigenvalue weighted by molar-refractivity contribution is -0.385. The number of pyridine rings is 1. The van der Waals surface area contributed by atoms with Crippen LogP contribution >= 0.6 is 0 Å². The van der Waals surface area contributed by atoms with E-state index in [-0.39, 0.29) is 22.3 Å². The Bertz CT molecular complexity index is 1110. The second-order valence-corrected chi connectivity index (χ2v) is 7.78. The fourth-order valence-corrected chi connectivity index (χ4v) is 3.88. The number of benzene rings is 1. The van der Waals surface area contributed by atoms with E-state index in [1.54, 1.807) is 23.9 Å². The van der Waals surface area contributed by atoms with Crippen molar-refractivity contribution >= 4 is 32.4 Å². The molecule has 2 aromatic heterocycles. The van der Waals surface area contributed by atoms with E-state index in [1.165, 1.54) is 18.3 Å². The predicted octanol–water partition coefficient (Wildman–Crippen LogP) is 3.03. The van der Waals surface area contributed by atoms with Gasteiger partial charge in [-0.05, 0) is 32.4 Å². The van der Waals surface area contributed by atoms with Gasteiger partial charge in [0.2, 0.25) is 0 Å². The number of hydrogen-bond donors (Lipinski definition) is 1. The lowest BCUT2D eigenvalue weighted by atomic mass is 10.2. The third kappa shape index (κ3) is 3.23. The van der Waals surface area contributed by atoms with Gasteiger partial charge in [0.15, 0.2) is 5.65 Å². The molecule has 0 aliphatic rings. The quantitative estimate of drug-likeness (QED) is 0.540. The highest BCUT2D eigenvalue weighted by molar-refractivity contribution is 7.92. The van der Waals surface area contributed by atoms with Gasteiger partial charge in [0.1, 0.15) is 0 Å². The zero-order chi connectivity index (χ0) is 19.1. The van der Waals surface area contributed by atoms with Crippen molar-refractivity contribution in [1.82, 2.24) is 14.8 Å². The first kappa shape index (κ1) is 17.8. The van der Waals surface area contributed by atoms with Crippen LogP contribution in [0, 0.1) is 17.0 Å². The molecule has 0 unspecified atom stereocenters. The SMILES string of the molecule is Cc1ccc([N+](=O)[O-])cc1S(=O)(=O)Nc1cnc2c(cnn2C(C)C)c1. The fourth-order valence-electron chi connectivity index (χ4n) is 2.58. The van der Waals surface area contributed by atoms with Crippen molar-refractivity contribution < 1.29 is 13.3 Å². The summed E-state index contributed by atoms with van der Waals surface area (Å²) in [6.45, 7) is 5.51. The highest BCUT2D eigenvalue weighted by atomic mass is 32.2. The van der Waals surface area contributed by atoms with Crippen molar-refractivity contribution in [3.63, 3.8) is 0 Å². The number of fused-ring (bicyclic) bond motifs is 1. The van der Waals surface area contributed by atoms with Gasteiger partial charge in [0.05, 0.1) is 27.9 Å². The minimum atomic E-state index is -4.00. The molecule has 0 atom stereocenters. The van der Waals surface area contributed by atoms with Crippen LogP contribution in [-0.4, -0.2) is 28.1 Å². The second-order valence-electron chi connectivity index (χ2n) is 6.13. The Morgan fingerprint density at radius 3 is 2.62 bits per heavy atom. The lowest BCUT2D eigenvalue weighted by Gasteiger charge is -2.11. The van der Waals surface area contributed by atoms with Gasteiger partial charge in [0, 0.05) is 23.6 Å². The number of sulfonamides is 1. The highest BCUT2D eigenvalue weighted by Crippen LogP contribution is 2.25. The molecule has 0 saturated carbocycles. The first-order valence-corrected chi connectivity index (χ1v) is 9.28. The fraction of sp³-hybridized carbons (Fsp3) is 0.250. The number of hydrogen-bond acceptors (Lipinski definition) is 6. The zero-order valence-electron chi connectivity index (χ0n) is 14.4. The summed E-state index contributed by atoms with van der Waals surface area (Å²) in [6, 6.07) is 5.46. The van der Waals surface area contributed by atoms with Crippen LogP contribution in [0.1, 0.15) is 25.5 Å². The number of nitro groups is 1. The summed E-state index contributed by atoms with van der Waals surface area (Å²) in [5, 5.41) is 15.9. The zero-order valence-corrected chi connectivity index (χ0v) is 15.2. The topological polar surface area (TPSA) is 120 Å². The molecule has 2 heterocycles. The summed E-state index contributed by atoms with van der Waals surface area (Å²) in [7, 11) is -4.00. The standard InChI is InChI=1S/C16H17N5O4S/c1-10(2)20-16-12(8-18-20)6-13(9-17-16)19-26(24,25)15-7-14(21(22)23)5-4-11(15)3/h4-10,19H,1-3H3. The number of nitro benzene ring substituents is 1. The Labute approximate surface area is 149 Å². The van der Waals surface area contributed by atoms with Crippen LogP contribution in [0.15, 0.2) is 41.6 Å². The van der Waals surface area contributed by atoms with Crippen LogP contribution in [0.4, 0.5) is 11.4 Å². The summed E-state index contributed by atoms with van der Waals surface area (Å²) in [6.07, 6.45) is 3.01. The number of aromatic nitrogens is 3. The molecule has 0 bridgehead atoms. The monoisotopic (exact) mass is 375 g/mol. The molecule has 3 rings (SSSR count). The van der Waals surface area contributed by atoms with Crippen molar-refractivity contribution in [2.24, 2.45) is 0 Å². The van der Waals surface area contributed by atoms with E-state index in [2.05, 4.69) is 14.8 Å². The van der Waals surface area contributed by atoms with Crippen LogP contribution in [0.2, 0.25) is 0 Å². The lowest BCUT2D eigenvalue weighted by Crippen LogP contribution is -2.15.